The van der Waals surface area contributed by atoms with E-state index in [9.17, 15) is 9.59 Å². The van der Waals surface area contributed by atoms with Gasteiger partial charge >= 0.3 is 0 Å². The van der Waals surface area contributed by atoms with Crippen molar-refractivity contribution in [2.45, 2.75) is 31.7 Å². The number of benzene rings is 2. The standard InChI is InChI=1S/C22H26N2O3/c1-27-20-10-6-5-9-19(20)22(26)23-18-13-15-24(16-14-18)21(25)12-11-17-7-3-2-4-8-17/h2-10,18H,11-16H2,1H3,(H,23,26). The minimum Gasteiger partial charge on any atom is -0.496 e. The maximum atomic E-state index is 12.5. The van der Waals surface area contributed by atoms with Gasteiger partial charge in [-0.2, -0.15) is 0 Å². The molecule has 142 valence electrons. The average molecular weight is 366 g/mol. The van der Waals surface area contributed by atoms with E-state index in [1.165, 1.54) is 5.56 Å². The van der Waals surface area contributed by atoms with E-state index in [0.717, 1.165) is 19.3 Å². The highest BCUT2D eigenvalue weighted by molar-refractivity contribution is 5.97. The van der Waals surface area contributed by atoms with E-state index in [0.29, 0.717) is 30.8 Å². The van der Waals surface area contributed by atoms with Crippen LogP contribution in [0.4, 0.5) is 0 Å². The summed E-state index contributed by atoms with van der Waals surface area (Å²) in [6.07, 6.45) is 2.85. The van der Waals surface area contributed by atoms with Crippen LogP contribution in [0.2, 0.25) is 0 Å². The summed E-state index contributed by atoms with van der Waals surface area (Å²) >= 11 is 0. The SMILES string of the molecule is COc1ccccc1C(=O)NC1CCN(C(=O)CCc2ccccc2)CC1. The fraction of sp³-hybridized carbons (Fsp3) is 0.364. The Bertz CT molecular complexity index is 768. The molecule has 1 N–H and O–H groups in total. The van der Waals surface area contributed by atoms with Gasteiger partial charge in [0.1, 0.15) is 5.75 Å². The number of nitrogens with zero attached hydrogens (tertiary/aromatic N) is 1. The van der Waals surface area contributed by atoms with Gasteiger partial charge in [0.05, 0.1) is 12.7 Å². The predicted octanol–water partition coefficient (Wildman–Crippen LogP) is 3.05. The van der Waals surface area contributed by atoms with Crippen LogP contribution in [-0.4, -0.2) is 43.0 Å². The van der Waals surface area contributed by atoms with Gasteiger partial charge in [-0.05, 0) is 37.0 Å². The third kappa shape index (κ3) is 5.09. The molecule has 2 aromatic rings. The van der Waals surface area contributed by atoms with Crippen molar-refractivity contribution < 1.29 is 14.3 Å². The lowest BCUT2D eigenvalue weighted by Gasteiger charge is -2.32. The summed E-state index contributed by atoms with van der Waals surface area (Å²) in [5, 5.41) is 3.07. The molecule has 27 heavy (non-hydrogen) atoms. The van der Waals surface area contributed by atoms with Crippen molar-refractivity contribution in [3.8, 4) is 5.75 Å². The fourth-order valence-corrected chi connectivity index (χ4v) is 3.42. The summed E-state index contributed by atoms with van der Waals surface area (Å²) in [5.74, 6) is 0.637. The number of para-hydroxylation sites is 1. The first-order chi connectivity index (χ1) is 13.2. The maximum Gasteiger partial charge on any atom is 0.255 e. The summed E-state index contributed by atoms with van der Waals surface area (Å²) in [4.78, 5) is 26.8. The molecule has 1 aliphatic rings. The molecule has 0 atom stereocenters. The lowest BCUT2D eigenvalue weighted by molar-refractivity contribution is -0.132. The van der Waals surface area contributed by atoms with Crippen molar-refractivity contribution in [1.82, 2.24) is 10.2 Å². The molecule has 1 aliphatic heterocycles. The minimum atomic E-state index is -0.124. The molecule has 1 heterocycles. The summed E-state index contributed by atoms with van der Waals surface area (Å²) in [7, 11) is 1.56. The minimum absolute atomic E-state index is 0.0839. The number of amides is 2. The quantitative estimate of drug-likeness (QED) is 0.855. The van der Waals surface area contributed by atoms with Crippen LogP contribution in [0.1, 0.15) is 35.2 Å². The average Bonchev–Trinajstić information content (AvgIpc) is 2.73. The zero-order valence-electron chi connectivity index (χ0n) is 15.7. The second kappa shape index (κ2) is 9.21. The number of aryl methyl sites for hydroxylation is 1. The maximum absolute atomic E-state index is 12.5. The predicted molar refractivity (Wildman–Crippen MR) is 105 cm³/mol. The molecule has 1 saturated heterocycles. The van der Waals surface area contributed by atoms with Gasteiger partial charge in [-0.3, -0.25) is 9.59 Å². The van der Waals surface area contributed by atoms with Crippen molar-refractivity contribution in [1.29, 1.82) is 0 Å². The van der Waals surface area contributed by atoms with Gasteiger partial charge in [0.25, 0.3) is 5.91 Å². The molecule has 3 rings (SSSR count). The Kier molecular flexibility index (Phi) is 6.47. The summed E-state index contributed by atoms with van der Waals surface area (Å²) in [5.41, 5.74) is 1.73. The van der Waals surface area contributed by atoms with Gasteiger partial charge in [-0.1, -0.05) is 42.5 Å². The highest BCUT2D eigenvalue weighted by atomic mass is 16.5. The van der Waals surface area contributed by atoms with E-state index in [4.69, 9.17) is 4.74 Å². The number of nitrogens with one attached hydrogen (secondary N) is 1. The van der Waals surface area contributed by atoms with Gasteiger partial charge in [-0.15, -0.1) is 0 Å². The fourth-order valence-electron chi connectivity index (χ4n) is 3.42. The summed E-state index contributed by atoms with van der Waals surface area (Å²) in [6, 6.07) is 17.4. The van der Waals surface area contributed by atoms with Crippen LogP contribution in [0.5, 0.6) is 5.75 Å². The van der Waals surface area contributed by atoms with Crippen LogP contribution in [0.25, 0.3) is 0 Å². The smallest absolute Gasteiger partial charge is 0.255 e. The number of likely N-dealkylation sites (tertiary alicyclic amines) is 1. The third-order valence-corrected chi connectivity index (χ3v) is 5.00. The first-order valence-electron chi connectivity index (χ1n) is 9.43. The van der Waals surface area contributed by atoms with E-state index in [-0.39, 0.29) is 17.9 Å². The van der Waals surface area contributed by atoms with Crippen molar-refractivity contribution in [2.24, 2.45) is 0 Å². The van der Waals surface area contributed by atoms with Gasteiger partial charge in [0.2, 0.25) is 5.91 Å². The Labute approximate surface area is 160 Å². The number of carbonyl (C=O) groups is 2. The molecule has 2 amide bonds. The summed E-state index contributed by atoms with van der Waals surface area (Å²) in [6.45, 7) is 1.37. The van der Waals surface area contributed by atoms with Gasteiger partial charge in [0, 0.05) is 25.6 Å². The molecule has 0 aliphatic carbocycles. The van der Waals surface area contributed by atoms with Crippen molar-refractivity contribution in [3.05, 3.63) is 65.7 Å². The third-order valence-electron chi connectivity index (χ3n) is 5.00. The molecule has 0 unspecified atom stereocenters. The van der Waals surface area contributed by atoms with Crippen molar-refractivity contribution in [3.63, 3.8) is 0 Å². The normalized spacial score (nSPS) is 14.6. The molecule has 5 heteroatoms. The van der Waals surface area contributed by atoms with Crippen LogP contribution < -0.4 is 10.1 Å². The van der Waals surface area contributed by atoms with Crippen LogP contribution in [0.3, 0.4) is 0 Å². The Morgan fingerprint density at radius 3 is 2.41 bits per heavy atom. The molecule has 0 aromatic heterocycles. The molecule has 0 radical (unpaired) electrons. The lowest BCUT2D eigenvalue weighted by atomic mass is 10.0. The number of rotatable bonds is 6. The number of carbonyl (C=O) groups excluding carboxylic acids is 2. The first-order valence-corrected chi connectivity index (χ1v) is 9.43. The summed E-state index contributed by atoms with van der Waals surface area (Å²) < 4.78 is 5.25. The van der Waals surface area contributed by atoms with E-state index in [2.05, 4.69) is 5.32 Å². The van der Waals surface area contributed by atoms with E-state index >= 15 is 0 Å². The zero-order valence-corrected chi connectivity index (χ0v) is 15.7. The van der Waals surface area contributed by atoms with Gasteiger partial charge < -0.3 is 15.0 Å². The topological polar surface area (TPSA) is 58.6 Å². The zero-order chi connectivity index (χ0) is 19.1. The van der Waals surface area contributed by atoms with Crippen molar-refractivity contribution >= 4 is 11.8 Å². The highest BCUT2D eigenvalue weighted by Gasteiger charge is 2.24. The van der Waals surface area contributed by atoms with E-state index < -0.39 is 0 Å². The molecule has 1 fully saturated rings. The van der Waals surface area contributed by atoms with Crippen molar-refractivity contribution in [2.75, 3.05) is 20.2 Å². The lowest BCUT2D eigenvalue weighted by Crippen LogP contribution is -2.46. The molecular weight excluding hydrogens is 340 g/mol. The number of methoxy groups -OCH3 is 1. The number of piperidine rings is 1. The second-order valence-corrected chi connectivity index (χ2v) is 6.81. The van der Waals surface area contributed by atoms with Gasteiger partial charge in [0.15, 0.2) is 0 Å². The van der Waals surface area contributed by atoms with E-state index in [1.54, 1.807) is 19.2 Å². The Hall–Kier alpha value is -2.82. The van der Waals surface area contributed by atoms with Crippen LogP contribution in [-0.2, 0) is 11.2 Å². The Morgan fingerprint density at radius 2 is 1.70 bits per heavy atom. The molecule has 2 aromatic carbocycles. The second-order valence-electron chi connectivity index (χ2n) is 6.81. The van der Waals surface area contributed by atoms with Crippen LogP contribution in [0.15, 0.2) is 54.6 Å². The van der Waals surface area contributed by atoms with E-state index in [1.807, 2.05) is 47.4 Å². The van der Waals surface area contributed by atoms with Crippen LogP contribution >= 0.6 is 0 Å². The number of ether oxygens (including phenoxy) is 1. The first kappa shape index (κ1) is 19.0. The van der Waals surface area contributed by atoms with Gasteiger partial charge in [-0.25, -0.2) is 0 Å². The monoisotopic (exact) mass is 366 g/mol. The van der Waals surface area contributed by atoms with Crippen LogP contribution in [0, 0.1) is 0 Å². The molecule has 0 bridgehead atoms. The largest absolute Gasteiger partial charge is 0.496 e. The Balaban J connectivity index is 1.46. The highest BCUT2D eigenvalue weighted by Crippen LogP contribution is 2.19. The molecule has 0 saturated carbocycles. The molecule has 5 nitrogen and oxygen atoms in total. The Morgan fingerprint density at radius 1 is 1.04 bits per heavy atom. The number of hydrogen-bond acceptors (Lipinski definition) is 3. The molecular formula is C22H26N2O3. The number of hydrogen-bond donors (Lipinski definition) is 1. The molecule has 0 spiro atoms.